The molecule has 0 radical (unpaired) electrons. The molecule has 3 aromatic carbocycles. The van der Waals surface area contributed by atoms with Crippen LogP contribution in [0.3, 0.4) is 0 Å². The summed E-state index contributed by atoms with van der Waals surface area (Å²) in [6.45, 7) is 3.35. The lowest BCUT2D eigenvalue weighted by molar-refractivity contribution is -0.197. The summed E-state index contributed by atoms with van der Waals surface area (Å²) in [7, 11) is 1.49. The van der Waals surface area contributed by atoms with E-state index in [1.165, 1.54) is 18.4 Å². The predicted molar refractivity (Wildman–Crippen MR) is 145 cm³/mol. The first kappa shape index (κ1) is 25.6. The van der Waals surface area contributed by atoms with E-state index in [9.17, 15) is 4.79 Å². The van der Waals surface area contributed by atoms with Crippen molar-refractivity contribution in [1.29, 1.82) is 0 Å². The van der Waals surface area contributed by atoms with E-state index >= 15 is 0 Å². The molecule has 4 aromatic rings. The van der Waals surface area contributed by atoms with Gasteiger partial charge in [0.05, 0.1) is 0 Å². The smallest absolute Gasteiger partial charge is 0.276 e. The van der Waals surface area contributed by atoms with Crippen molar-refractivity contribution < 1.29 is 14.4 Å². The van der Waals surface area contributed by atoms with Crippen molar-refractivity contribution in [2.75, 3.05) is 12.4 Å². The van der Waals surface area contributed by atoms with Gasteiger partial charge in [0, 0.05) is 26.3 Å². The van der Waals surface area contributed by atoms with E-state index in [0.29, 0.717) is 10.8 Å². The van der Waals surface area contributed by atoms with Crippen molar-refractivity contribution >= 4 is 39.0 Å². The Kier molecular flexibility index (Phi) is 7.84. The second kappa shape index (κ2) is 11.0. The number of rotatable bonds is 10. The van der Waals surface area contributed by atoms with Gasteiger partial charge in [0.25, 0.3) is 5.24 Å². The number of ether oxygens (including phenoxy) is 1. The highest BCUT2D eigenvalue weighted by Crippen LogP contribution is 2.40. The highest BCUT2D eigenvalue weighted by molar-refractivity contribution is 7.14. The van der Waals surface area contributed by atoms with Gasteiger partial charge in [-0.15, -0.1) is 11.3 Å². The minimum Gasteiger partial charge on any atom is -0.360 e. The first-order valence-corrected chi connectivity index (χ1v) is 12.5. The third-order valence-electron chi connectivity index (χ3n) is 5.70. The summed E-state index contributed by atoms with van der Waals surface area (Å²) in [4.78, 5) is 22.2. The maximum atomic E-state index is 12.2. The molecule has 0 saturated heterocycles. The zero-order valence-electron chi connectivity index (χ0n) is 20.1. The molecule has 1 aromatic heterocycles. The molecule has 0 aliphatic rings. The highest BCUT2D eigenvalue weighted by Gasteiger charge is 2.37. The Balaban J connectivity index is 1.82. The summed E-state index contributed by atoms with van der Waals surface area (Å²) in [6.07, 6.45) is 0. The van der Waals surface area contributed by atoms with Crippen molar-refractivity contribution in [2.45, 2.75) is 25.2 Å². The molecule has 0 spiro atoms. The minimum atomic E-state index is -1.03. The first-order chi connectivity index (χ1) is 17.4. The molecule has 4 rings (SSSR count). The van der Waals surface area contributed by atoms with Gasteiger partial charge in [-0.2, -0.15) is 0 Å². The number of aromatic nitrogens is 1. The fourth-order valence-electron chi connectivity index (χ4n) is 3.76. The number of oxime groups is 1. The maximum Gasteiger partial charge on any atom is 0.276 e. The highest BCUT2D eigenvalue weighted by atomic mass is 35.5. The van der Waals surface area contributed by atoms with Crippen LogP contribution in [0.1, 0.15) is 36.2 Å². The third kappa shape index (κ3) is 5.49. The van der Waals surface area contributed by atoms with E-state index in [1.807, 2.05) is 54.6 Å². The first-order valence-electron chi connectivity index (χ1n) is 11.3. The van der Waals surface area contributed by atoms with Crippen molar-refractivity contribution in [2.24, 2.45) is 5.16 Å². The number of hydrogen-bond acceptors (Lipinski definition) is 7. The number of thiazole rings is 1. The van der Waals surface area contributed by atoms with E-state index < -0.39 is 16.6 Å². The molecule has 1 heterocycles. The van der Waals surface area contributed by atoms with Crippen LogP contribution in [0.25, 0.3) is 0 Å². The monoisotopic (exact) mass is 519 g/mol. The Morgan fingerprint density at radius 2 is 1.36 bits per heavy atom. The van der Waals surface area contributed by atoms with E-state index in [2.05, 4.69) is 51.9 Å². The molecule has 0 amide bonds. The van der Waals surface area contributed by atoms with Crippen molar-refractivity contribution in [3.63, 3.8) is 0 Å². The molecule has 0 aliphatic carbocycles. The van der Waals surface area contributed by atoms with Gasteiger partial charge < -0.3 is 14.9 Å². The Hall–Kier alpha value is -3.52. The van der Waals surface area contributed by atoms with E-state index in [-0.39, 0.29) is 5.71 Å². The van der Waals surface area contributed by atoms with E-state index in [1.54, 1.807) is 19.2 Å². The molecule has 6 nitrogen and oxygen atoms in total. The quantitative estimate of drug-likeness (QED) is 0.0860. The number of carbonyl (C=O) groups excluding carboxylic acids is 1. The maximum absolute atomic E-state index is 12.2. The standard InChI is InChI=1S/C28H26ClN3O3S/c1-27(2,34-3)35-32-24(25(29)33)23-19-36-26(30-23)31-28(20-13-7-4-8-14-20,21-15-9-5-10-16-21)22-17-11-6-12-18-22/h4-19H,1-3H3,(H,30,31)/b32-24-. The minimum absolute atomic E-state index is 0.101. The molecule has 0 atom stereocenters. The van der Waals surface area contributed by atoms with Crippen LogP contribution in [0, 0.1) is 0 Å². The van der Waals surface area contributed by atoms with Gasteiger partial charge in [0.15, 0.2) is 10.8 Å². The fraction of sp³-hybridized carbons (Fsp3) is 0.179. The number of methoxy groups -OCH3 is 1. The number of carbonyl (C=O) groups is 1. The number of anilines is 1. The molecule has 1 N–H and O–H groups in total. The van der Waals surface area contributed by atoms with Crippen LogP contribution in [-0.4, -0.2) is 28.8 Å². The van der Waals surface area contributed by atoms with Gasteiger partial charge in [-0.25, -0.2) is 4.98 Å². The Bertz CT molecular complexity index is 1230. The fourth-order valence-corrected chi connectivity index (χ4v) is 4.64. The summed E-state index contributed by atoms with van der Waals surface area (Å²) in [5.74, 6) is -1.03. The molecule has 0 fully saturated rings. The second-order valence-corrected chi connectivity index (χ2v) is 9.62. The van der Waals surface area contributed by atoms with Crippen LogP contribution in [0.5, 0.6) is 0 Å². The zero-order chi connectivity index (χ0) is 25.6. The van der Waals surface area contributed by atoms with Gasteiger partial charge >= 0.3 is 0 Å². The Morgan fingerprint density at radius 1 is 0.889 bits per heavy atom. The molecule has 0 aliphatic heterocycles. The normalized spacial score (nSPS) is 12.3. The molecule has 0 unspecified atom stereocenters. The van der Waals surface area contributed by atoms with Crippen LogP contribution >= 0.6 is 22.9 Å². The lowest BCUT2D eigenvalue weighted by Crippen LogP contribution is -2.38. The van der Waals surface area contributed by atoms with E-state index in [4.69, 9.17) is 21.2 Å². The molecule has 0 bridgehead atoms. The number of benzene rings is 3. The molecule has 8 heteroatoms. The second-order valence-electron chi connectivity index (χ2n) is 8.42. The average molecular weight is 520 g/mol. The summed E-state index contributed by atoms with van der Waals surface area (Å²) in [5.41, 5.74) is 2.55. The summed E-state index contributed by atoms with van der Waals surface area (Å²) in [5, 5.41) is 9.14. The summed E-state index contributed by atoms with van der Waals surface area (Å²) >= 11 is 7.18. The van der Waals surface area contributed by atoms with Crippen LogP contribution in [0.15, 0.2) is 102 Å². The van der Waals surface area contributed by atoms with Gasteiger partial charge in [-0.1, -0.05) is 96.2 Å². The third-order valence-corrected chi connectivity index (χ3v) is 6.63. The molecule has 36 heavy (non-hydrogen) atoms. The Labute approximate surface area is 219 Å². The molecular weight excluding hydrogens is 494 g/mol. The SMILES string of the molecule is COC(C)(C)O/N=C(\C(=O)Cl)c1csc(NC(c2ccccc2)(c2ccccc2)c2ccccc2)n1. The van der Waals surface area contributed by atoms with Crippen LogP contribution < -0.4 is 5.32 Å². The molecule has 0 saturated carbocycles. The van der Waals surface area contributed by atoms with Crippen LogP contribution in [0.4, 0.5) is 5.13 Å². The average Bonchev–Trinajstić information content (AvgIpc) is 3.36. The predicted octanol–water partition coefficient (Wildman–Crippen LogP) is 6.42. The Morgan fingerprint density at radius 3 is 1.78 bits per heavy atom. The van der Waals surface area contributed by atoms with Crippen molar-refractivity contribution in [1.82, 2.24) is 4.98 Å². The number of nitrogens with zero attached hydrogens (tertiary/aromatic N) is 2. The van der Waals surface area contributed by atoms with E-state index in [0.717, 1.165) is 16.7 Å². The number of hydrogen-bond donors (Lipinski definition) is 1. The van der Waals surface area contributed by atoms with Gasteiger partial charge in [-0.3, -0.25) is 4.79 Å². The topological polar surface area (TPSA) is 72.8 Å². The molecular formula is C28H26ClN3O3S. The van der Waals surface area contributed by atoms with Gasteiger partial charge in [0.1, 0.15) is 11.2 Å². The zero-order valence-corrected chi connectivity index (χ0v) is 21.7. The lowest BCUT2D eigenvalue weighted by atomic mass is 9.77. The summed E-state index contributed by atoms with van der Waals surface area (Å²) < 4.78 is 5.21. The number of halogens is 1. The van der Waals surface area contributed by atoms with Gasteiger partial charge in [-0.05, 0) is 28.3 Å². The van der Waals surface area contributed by atoms with Crippen LogP contribution in [0.2, 0.25) is 0 Å². The van der Waals surface area contributed by atoms with Crippen LogP contribution in [-0.2, 0) is 19.9 Å². The summed E-state index contributed by atoms with van der Waals surface area (Å²) in [6, 6.07) is 30.5. The molecule has 184 valence electrons. The largest absolute Gasteiger partial charge is 0.360 e. The van der Waals surface area contributed by atoms with Gasteiger partial charge in [0.2, 0.25) is 5.79 Å². The lowest BCUT2D eigenvalue weighted by Gasteiger charge is -2.36. The van der Waals surface area contributed by atoms with Crippen molar-refractivity contribution in [3.05, 3.63) is 119 Å². The number of nitrogens with one attached hydrogen (secondary N) is 1. The van der Waals surface area contributed by atoms with Crippen molar-refractivity contribution in [3.8, 4) is 0 Å².